The first-order valence-corrected chi connectivity index (χ1v) is 10.7. The fraction of sp³-hybridized carbons (Fsp3) is 0.619. The number of anilines is 3. The molecule has 0 radical (unpaired) electrons. The van der Waals surface area contributed by atoms with Crippen LogP contribution < -0.4 is 20.3 Å². The maximum Gasteiger partial charge on any atom is 0.293 e. The first-order chi connectivity index (χ1) is 14.1. The van der Waals surface area contributed by atoms with E-state index in [1.165, 1.54) is 12.8 Å². The Balaban J connectivity index is 1.32. The number of hydrogen-bond donors (Lipinski definition) is 0. The second-order valence-electron chi connectivity index (χ2n) is 8.68. The smallest absolute Gasteiger partial charge is 0.293 e. The van der Waals surface area contributed by atoms with Gasteiger partial charge in [-0.1, -0.05) is 0 Å². The van der Waals surface area contributed by atoms with Crippen LogP contribution in [-0.4, -0.2) is 58.8 Å². The average Bonchev–Trinajstić information content (AvgIpc) is 3.63. The largest absolute Gasteiger partial charge is 0.363 e. The molecular formula is C21H29N7O. The van der Waals surface area contributed by atoms with Crippen LogP contribution in [0.3, 0.4) is 0 Å². The van der Waals surface area contributed by atoms with Gasteiger partial charge in [0.2, 0.25) is 0 Å². The van der Waals surface area contributed by atoms with Crippen LogP contribution >= 0.6 is 0 Å². The van der Waals surface area contributed by atoms with E-state index in [1.54, 1.807) is 12.5 Å². The van der Waals surface area contributed by atoms with E-state index in [9.17, 15) is 4.79 Å². The van der Waals surface area contributed by atoms with Gasteiger partial charge < -0.3 is 19.3 Å². The van der Waals surface area contributed by atoms with Crippen LogP contribution in [0.1, 0.15) is 44.6 Å². The number of hydrogen-bond acceptors (Lipinski definition) is 7. The van der Waals surface area contributed by atoms with Gasteiger partial charge in [-0.25, -0.2) is 15.0 Å². The summed E-state index contributed by atoms with van der Waals surface area (Å²) in [6, 6.07) is 3.50. The molecule has 3 heterocycles. The average molecular weight is 396 g/mol. The summed E-state index contributed by atoms with van der Waals surface area (Å²) in [5.74, 6) is 2.58. The Morgan fingerprint density at radius 1 is 0.931 bits per heavy atom. The van der Waals surface area contributed by atoms with Crippen molar-refractivity contribution in [3.63, 3.8) is 0 Å². The third-order valence-electron chi connectivity index (χ3n) is 6.25. The Bertz CT molecular complexity index is 927. The zero-order valence-electron chi connectivity index (χ0n) is 17.2. The summed E-state index contributed by atoms with van der Waals surface area (Å²) in [6.07, 6.45) is 12.0. The molecule has 0 atom stereocenters. The Labute approximate surface area is 171 Å². The second kappa shape index (κ2) is 7.31. The van der Waals surface area contributed by atoms with Gasteiger partial charge >= 0.3 is 0 Å². The third kappa shape index (κ3) is 3.68. The van der Waals surface area contributed by atoms with Gasteiger partial charge in [-0.3, -0.25) is 4.79 Å². The Morgan fingerprint density at radius 3 is 2.28 bits per heavy atom. The molecule has 3 aliphatic rings. The molecule has 2 aliphatic carbocycles. The number of piperidine rings is 1. The Hall–Kier alpha value is -2.64. The summed E-state index contributed by atoms with van der Waals surface area (Å²) in [7, 11) is 4.01. The van der Waals surface area contributed by atoms with E-state index in [2.05, 4.69) is 30.8 Å². The highest BCUT2D eigenvalue weighted by Gasteiger charge is 2.37. The molecule has 0 aromatic carbocycles. The Kier molecular flexibility index (Phi) is 4.64. The molecule has 1 aliphatic heterocycles. The number of nitrogens with zero attached hydrogens (tertiary/aromatic N) is 7. The van der Waals surface area contributed by atoms with E-state index in [1.807, 2.05) is 29.8 Å². The first kappa shape index (κ1) is 18.4. The molecule has 29 heavy (non-hydrogen) atoms. The quantitative estimate of drug-likeness (QED) is 0.741. The van der Waals surface area contributed by atoms with Crippen LogP contribution in [0, 0.1) is 0 Å². The van der Waals surface area contributed by atoms with Crippen LogP contribution in [0.4, 0.5) is 17.5 Å². The van der Waals surface area contributed by atoms with E-state index < -0.39 is 0 Å². The molecule has 2 aromatic heterocycles. The number of aromatic nitrogens is 4. The van der Waals surface area contributed by atoms with Crippen molar-refractivity contribution in [1.82, 2.24) is 19.5 Å². The van der Waals surface area contributed by atoms with Gasteiger partial charge in [-0.05, 0) is 38.5 Å². The minimum atomic E-state index is 0.0684. The molecule has 0 unspecified atom stereocenters. The van der Waals surface area contributed by atoms with Gasteiger partial charge in [0, 0.05) is 63.8 Å². The molecule has 1 saturated heterocycles. The van der Waals surface area contributed by atoms with Gasteiger partial charge in [-0.2, -0.15) is 0 Å². The Morgan fingerprint density at radius 2 is 1.62 bits per heavy atom. The fourth-order valence-corrected chi connectivity index (χ4v) is 4.38. The maximum atomic E-state index is 12.8. The topological polar surface area (TPSA) is 70.4 Å². The van der Waals surface area contributed by atoms with Gasteiger partial charge in [0.1, 0.15) is 18.0 Å². The van der Waals surface area contributed by atoms with E-state index in [-0.39, 0.29) is 5.56 Å². The molecule has 0 bridgehead atoms. The van der Waals surface area contributed by atoms with Crippen LogP contribution in [0.5, 0.6) is 0 Å². The molecule has 3 fully saturated rings. The zero-order valence-corrected chi connectivity index (χ0v) is 17.2. The molecule has 0 N–H and O–H groups in total. The molecule has 5 rings (SSSR count). The predicted octanol–water partition coefficient (Wildman–Crippen LogP) is 2.07. The minimum Gasteiger partial charge on any atom is -0.363 e. The lowest BCUT2D eigenvalue weighted by atomic mass is 10.0. The molecule has 2 aromatic rings. The predicted molar refractivity (Wildman–Crippen MR) is 114 cm³/mol. The van der Waals surface area contributed by atoms with Crippen molar-refractivity contribution in [1.29, 1.82) is 0 Å². The van der Waals surface area contributed by atoms with E-state index in [4.69, 9.17) is 0 Å². The molecular weight excluding hydrogens is 366 g/mol. The standard InChI is InChI=1S/C21H29N7O/c1-25(2)18-13-19(24-14-23-18)28(16-5-6-16)17-7-10-26(11-8-17)20-21(29)27(12-9-22-20)15-3-4-15/h9,12-17H,3-8,10-11H2,1-2H3. The van der Waals surface area contributed by atoms with Gasteiger partial charge in [-0.15, -0.1) is 0 Å². The lowest BCUT2D eigenvalue weighted by Gasteiger charge is -2.39. The lowest BCUT2D eigenvalue weighted by molar-refractivity contribution is 0.455. The minimum absolute atomic E-state index is 0.0684. The lowest BCUT2D eigenvalue weighted by Crippen LogP contribution is -2.48. The van der Waals surface area contributed by atoms with Crippen molar-refractivity contribution in [3.05, 3.63) is 35.1 Å². The van der Waals surface area contributed by atoms with Crippen molar-refractivity contribution >= 4 is 17.5 Å². The van der Waals surface area contributed by atoms with Gasteiger partial charge in [0.15, 0.2) is 5.82 Å². The first-order valence-electron chi connectivity index (χ1n) is 10.7. The highest BCUT2D eigenvalue weighted by molar-refractivity contribution is 5.52. The fourth-order valence-electron chi connectivity index (χ4n) is 4.38. The van der Waals surface area contributed by atoms with Crippen molar-refractivity contribution in [2.45, 2.75) is 56.7 Å². The van der Waals surface area contributed by atoms with Gasteiger partial charge in [0.05, 0.1) is 0 Å². The monoisotopic (exact) mass is 395 g/mol. The molecule has 8 heteroatoms. The summed E-state index contributed by atoms with van der Waals surface area (Å²) in [4.78, 5) is 32.9. The van der Waals surface area contributed by atoms with Gasteiger partial charge in [0.25, 0.3) is 5.56 Å². The van der Waals surface area contributed by atoms with Crippen LogP contribution in [0.25, 0.3) is 0 Å². The van der Waals surface area contributed by atoms with Crippen molar-refractivity contribution < 1.29 is 0 Å². The molecule has 8 nitrogen and oxygen atoms in total. The van der Waals surface area contributed by atoms with E-state index in [0.29, 0.717) is 23.9 Å². The SMILES string of the molecule is CN(C)c1cc(N(C2CC2)C2CCN(c3nccn(C4CC4)c3=O)CC2)ncn1. The normalized spacial score (nSPS) is 20.0. The zero-order chi connectivity index (χ0) is 20.0. The highest BCUT2D eigenvalue weighted by Crippen LogP contribution is 2.36. The van der Waals surface area contributed by atoms with Crippen LogP contribution in [0.2, 0.25) is 0 Å². The maximum absolute atomic E-state index is 12.8. The molecule has 2 saturated carbocycles. The van der Waals surface area contributed by atoms with Crippen molar-refractivity contribution in [2.24, 2.45) is 0 Å². The third-order valence-corrected chi connectivity index (χ3v) is 6.25. The van der Waals surface area contributed by atoms with E-state index in [0.717, 1.165) is 50.4 Å². The summed E-state index contributed by atoms with van der Waals surface area (Å²) >= 11 is 0. The summed E-state index contributed by atoms with van der Waals surface area (Å²) in [5, 5.41) is 0. The summed E-state index contributed by atoms with van der Waals surface area (Å²) in [6.45, 7) is 1.72. The van der Waals surface area contributed by atoms with E-state index >= 15 is 0 Å². The molecule has 0 amide bonds. The van der Waals surface area contributed by atoms with Crippen LogP contribution in [0.15, 0.2) is 29.6 Å². The van der Waals surface area contributed by atoms with Crippen LogP contribution in [-0.2, 0) is 0 Å². The highest BCUT2D eigenvalue weighted by atomic mass is 16.1. The van der Waals surface area contributed by atoms with Crippen molar-refractivity contribution in [2.75, 3.05) is 41.9 Å². The van der Waals surface area contributed by atoms with Crippen molar-refractivity contribution in [3.8, 4) is 0 Å². The molecule has 0 spiro atoms. The second-order valence-corrected chi connectivity index (χ2v) is 8.68. The molecule has 154 valence electrons. The summed E-state index contributed by atoms with van der Waals surface area (Å²) < 4.78 is 1.87. The summed E-state index contributed by atoms with van der Waals surface area (Å²) in [5.41, 5.74) is 0.0684. The number of rotatable bonds is 6.